The summed E-state index contributed by atoms with van der Waals surface area (Å²) >= 11 is 0. The van der Waals surface area contributed by atoms with E-state index in [-0.39, 0.29) is 24.9 Å². The van der Waals surface area contributed by atoms with E-state index in [1.807, 2.05) is 13.8 Å². The predicted octanol–water partition coefficient (Wildman–Crippen LogP) is 1.15. The van der Waals surface area contributed by atoms with Crippen LogP contribution in [0.25, 0.3) is 0 Å². The molecule has 1 unspecified atom stereocenters. The third kappa shape index (κ3) is 7.91. The van der Waals surface area contributed by atoms with Crippen molar-refractivity contribution in [1.29, 1.82) is 0 Å². The number of alkyl halides is 2. The Morgan fingerprint density at radius 3 is 2.57 bits per heavy atom. The monoisotopic (exact) mass is 208 g/mol. The summed E-state index contributed by atoms with van der Waals surface area (Å²) in [6, 6.07) is 0.151. The van der Waals surface area contributed by atoms with Crippen LogP contribution >= 0.6 is 0 Å². The molecule has 0 fully saturated rings. The summed E-state index contributed by atoms with van der Waals surface area (Å²) in [6.07, 6.45) is -1.24. The Hall–Kier alpha value is -0.710. The van der Waals surface area contributed by atoms with Gasteiger partial charge in [-0.25, -0.2) is 8.78 Å². The second-order valence-electron chi connectivity index (χ2n) is 3.22. The van der Waals surface area contributed by atoms with Crippen LogP contribution in [0.5, 0.6) is 0 Å². The van der Waals surface area contributed by atoms with Crippen LogP contribution in [0.4, 0.5) is 8.78 Å². The van der Waals surface area contributed by atoms with Crippen molar-refractivity contribution in [3.05, 3.63) is 0 Å². The molecular weight excluding hydrogens is 190 g/mol. The standard InChI is InChI=1S/C9H18F2N2O/c1-3-7(2)13-9(14)4-5-12-6-8(10)11/h7-8,12H,3-6H2,1-2H3,(H,13,14). The van der Waals surface area contributed by atoms with E-state index in [0.29, 0.717) is 6.54 Å². The van der Waals surface area contributed by atoms with Gasteiger partial charge in [-0.05, 0) is 13.3 Å². The fourth-order valence-corrected chi connectivity index (χ4v) is 0.862. The van der Waals surface area contributed by atoms with Gasteiger partial charge in [-0.3, -0.25) is 4.79 Å². The summed E-state index contributed by atoms with van der Waals surface area (Å²) in [6.45, 7) is 3.83. The molecule has 1 amide bonds. The molecule has 0 aromatic heterocycles. The average Bonchev–Trinajstić information content (AvgIpc) is 2.12. The number of halogens is 2. The Bertz CT molecular complexity index is 165. The van der Waals surface area contributed by atoms with Gasteiger partial charge in [-0.2, -0.15) is 0 Å². The highest BCUT2D eigenvalue weighted by Crippen LogP contribution is 1.90. The average molecular weight is 208 g/mol. The van der Waals surface area contributed by atoms with Crippen LogP contribution in [-0.4, -0.2) is 31.5 Å². The summed E-state index contributed by atoms with van der Waals surface area (Å²) in [4.78, 5) is 11.1. The smallest absolute Gasteiger partial charge is 0.250 e. The van der Waals surface area contributed by atoms with Crippen LogP contribution < -0.4 is 10.6 Å². The zero-order chi connectivity index (χ0) is 11.0. The lowest BCUT2D eigenvalue weighted by Gasteiger charge is -2.11. The van der Waals surface area contributed by atoms with Crippen molar-refractivity contribution in [2.24, 2.45) is 0 Å². The summed E-state index contributed by atoms with van der Waals surface area (Å²) in [5.41, 5.74) is 0. The van der Waals surface area contributed by atoms with Gasteiger partial charge < -0.3 is 10.6 Å². The first-order chi connectivity index (χ1) is 6.56. The molecule has 0 radical (unpaired) electrons. The number of carbonyl (C=O) groups is 1. The lowest BCUT2D eigenvalue weighted by molar-refractivity contribution is -0.121. The summed E-state index contributed by atoms with van der Waals surface area (Å²) in [5, 5.41) is 5.25. The molecule has 84 valence electrons. The molecule has 0 aliphatic carbocycles. The molecule has 0 saturated carbocycles. The minimum atomic E-state index is -2.35. The first kappa shape index (κ1) is 13.3. The molecule has 3 nitrogen and oxygen atoms in total. The largest absolute Gasteiger partial charge is 0.354 e. The second kappa shape index (κ2) is 7.67. The third-order valence-corrected chi connectivity index (χ3v) is 1.85. The normalized spacial score (nSPS) is 12.9. The van der Waals surface area contributed by atoms with Gasteiger partial charge in [0, 0.05) is 19.0 Å². The van der Waals surface area contributed by atoms with Gasteiger partial charge in [-0.1, -0.05) is 6.92 Å². The molecule has 0 aromatic rings. The number of rotatable bonds is 7. The van der Waals surface area contributed by atoms with Crippen LogP contribution in [-0.2, 0) is 4.79 Å². The molecule has 0 rings (SSSR count). The zero-order valence-corrected chi connectivity index (χ0v) is 8.65. The van der Waals surface area contributed by atoms with Gasteiger partial charge in [0.05, 0.1) is 6.54 Å². The minimum absolute atomic E-state index is 0.0962. The molecule has 1 atom stereocenters. The molecule has 5 heteroatoms. The maximum atomic E-state index is 11.7. The maximum absolute atomic E-state index is 11.7. The van der Waals surface area contributed by atoms with E-state index in [2.05, 4.69) is 10.6 Å². The van der Waals surface area contributed by atoms with Crippen molar-refractivity contribution in [2.75, 3.05) is 13.1 Å². The highest BCUT2D eigenvalue weighted by Gasteiger charge is 2.05. The van der Waals surface area contributed by atoms with Gasteiger partial charge in [0.25, 0.3) is 6.43 Å². The number of amides is 1. The Balaban J connectivity index is 3.36. The molecule has 0 heterocycles. The fraction of sp³-hybridized carbons (Fsp3) is 0.889. The van der Waals surface area contributed by atoms with Crippen molar-refractivity contribution in [2.45, 2.75) is 39.2 Å². The minimum Gasteiger partial charge on any atom is -0.354 e. The van der Waals surface area contributed by atoms with E-state index in [1.165, 1.54) is 0 Å². The van der Waals surface area contributed by atoms with Gasteiger partial charge in [0.2, 0.25) is 5.91 Å². The summed E-state index contributed by atoms with van der Waals surface area (Å²) in [5.74, 6) is -0.0962. The molecule has 14 heavy (non-hydrogen) atoms. The number of carbonyl (C=O) groups excluding carboxylic acids is 1. The van der Waals surface area contributed by atoms with Gasteiger partial charge >= 0.3 is 0 Å². The Morgan fingerprint density at radius 1 is 1.43 bits per heavy atom. The first-order valence-electron chi connectivity index (χ1n) is 4.84. The maximum Gasteiger partial charge on any atom is 0.250 e. The van der Waals surface area contributed by atoms with Crippen LogP contribution in [0.1, 0.15) is 26.7 Å². The summed E-state index contributed by atoms with van der Waals surface area (Å²) < 4.78 is 23.3. The van der Waals surface area contributed by atoms with Crippen molar-refractivity contribution >= 4 is 5.91 Å². The van der Waals surface area contributed by atoms with E-state index in [4.69, 9.17) is 0 Å². The van der Waals surface area contributed by atoms with E-state index >= 15 is 0 Å². The fourth-order valence-electron chi connectivity index (χ4n) is 0.862. The first-order valence-corrected chi connectivity index (χ1v) is 4.84. The lowest BCUT2D eigenvalue weighted by Crippen LogP contribution is -2.34. The lowest BCUT2D eigenvalue weighted by atomic mass is 10.2. The van der Waals surface area contributed by atoms with Crippen molar-refractivity contribution < 1.29 is 13.6 Å². The zero-order valence-electron chi connectivity index (χ0n) is 8.65. The SMILES string of the molecule is CCC(C)NC(=O)CCNCC(F)F. The Morgan fingerprint density at radius 2 is 2.07 bits per heavy atom. The van der Waals surface area contributed by atoms with E-state index in [0.717, 1.165) is 6.42 Å². The molecule has 0 spiro atoms. The molecule has 0 aliphatic heterocycles. The van der Waals surface area contributed by atoms with Gasteiger partial charge in [-0.15, -0.1) is 0 Å². The topological polar surface area (TPSA) is 41.1 Å². The Kier molecular flexibility index (Phi) is 7.28. The van der Waals surface area contributed by atoms with Crippen LogP contribution in [0.15, 0.2) is 0 Å². The molecule has 0 saturated heterocycles. The molecular formula is C9H18F2N2O. The molecule has 2 N–H and O–H groups in total. The molecule has 0 bridgehead atoms. The van der Waals surface area contributed by atoms with Gasteiger partial charge in [0.1, 0.15) is 0 Å². The summed E-state index contributed by atoms with van der Waals surface area (Å²) in [7, 11) is 0. The molecule has 0 aliphatic rings. The number of hydrogen-bond acceptors (Lipinski definition) is 2. The highest BCUT2D eigenvalue weighted by molar-refractivity contribution is 5.76. The van der Waals surface area contributed by atoms with Crippen LogP contribution in [0.3, 0.4) is 0 Å². The van der Waals surface area contributed by atoms with Crippen molar-refractivity contribution in [1.82, 2.24) is 10.6 Å². The second-order valence-corrected chi connectivity index (χ2v) is 3.22. The predicted molar refractivity (Wildman–Crippen MR) is 51.4 cm³/mol. The number of hydrogen-bond donors (Lipinski definition) is 2. The van der Waals surface area contributed by atoms with Crippen LogP contribution in [0, 0.1) is 0 Å². The van der Waals surface area contributed by atoms with Crippen molar-refractivity contribution in [3.8, 4) is 0 Å². The van der Waals surface area contributed by atoms with E-state index in [1.54, 1.807) is 0 Å². The molecule has 0 aromatic carbocycles. The van der Waals surface area contributed by atoms with Gasteiger partial charge in [0.15, 0.2) is 0 Å². The highest BCUT2D eigenvalue weighted by atomic mass is 19.3. The Labute approximate surface area is 83.3 Å². The van der Waals surface area contributed by atoms with E-state index in [9.17, 15) is 13.6 Å². The van der Waals surface area contributed by atoms with Crippen LogP contribution in [0.2, 0.25) is 0 Å². The van der Waals surface area contributed by atoms with Crippen molar-refractivity contribution in [3.63, 3.8) is 0 Å². The van der Waals surface area contributed by atoms with E-state index < -0.39 is 6.43 Å². The quantitative estimate of drug-likeness (QED) is 0.616. The third-order valence-electron chi connectivity index (χ3n) is 1.85. The number of nitrogens with one attached hydrogen (secondary N) is 2.